The number of likely N-dealkylation sites (tertiary alicyclic amines) is 1. The van der Waals surface area contributed by atoms with Gasteiger partial charge in [-0.3, -0.25) is 9.89 Å². The summed E-state index contributed by atoms with van der Waals surface area (Å²) in [5.74, 6) is 2.39. The van der Waals surface area contributed by atoms with E-state index in [1.54, 1.807) is 7.11 Å². The van der Waals surface area contributed by atoms with Crippen LogP contribution in [0.25, 0.3) is 0 Å². The Hall–Kier alpha value is -1.28. The highest BCUT2D eigenvalue weighted by Gasteiger charge is 2.30. The van der Waals surface area contributed by atoms with Crippen LogP contribution in [0.2, 0.25) is 0 Å². The topological polar surface area (TPSA) is 48.9 Å². The summed E-state index contributed by atoms with van der Waals surface area (Å²) in [6.45, 7) is 5.00. The Morgan fingerprint density at radius 3 is 2.57 bits per heavy atom. The Balaban J connectivity index is 0.00000280. The Bertz CT molecular complexity index is 638. The SMILES string of the molecule is CCNC(=NCC1CCCN(C)C1c1ccc(OC)cc1)NC1CC=CC1.I. The van der Waals surface area contributed by atoms with Crippen LogP contribution in [0.1, 0.15) is 44.2 Å². The number of halogens is 1. The predicted octanol–water partition coefficient (Wildman–Crippen LogP) is 3.97. The molecule has 0 bridgehead atoms. The van der Waals surface area contributed by atoms with Gasteiger partial charge in [-0.1, -0.05) is 24.3 Å². The van der Waals surface area contributed by atoms with Crippen LogP contribution in [0.4, 0.5) is 0 Å². The Morgan fingerprint density at radius 2 is 1.93 bits per heavy atom. The molecule has 5 nitrogen and oxygen atoms in total. The minimum Gasteiger partial charge on any atom is -0.497 e. The number of guanidine groups is 1. The molecule has 2 atom stereocenters. The van der Waals surface area contributed by atoms with Gasteiger partial charge in [0, 0.05) is 25.2 Å². The first-order chi connectivity index (χ1) is 13.2. The summed E-state index contributed by atoms with van der Waals surface area (Å²) in [4.78, 5) is 7.44. The van der Waals surface area contributed by atoms with Gasteiger partial charge < -0.3 is 15.4 Å². The smallest absolute Gasteiger partial charge is 0.191 e. The fourth-order valence-corrected chi connectivity index (χ4v) is 4.24. The zero-order valence-electron chi connectivity index (χ0n) is 17.4. The minimum absolute atomic E-state index is 0. The number of benzene rings is 1. The van der Waals surface area contributed by atoms with Crippen molar-refractivity contribution in [2.24, 2.45) is 10.9 Å². The van der Waals surface area contributed by atoms with Gasteiger partial charge in [-0.2, -0.15) is 0 Å². The van der Waals surface area contributed by atoms with E-state index in [4.69, 9.17) is 9.73 Å². The number of methoxy groups -OCH3 is 1. The van der Waals surface area contributed by atoms with Crippen LogP contribution in [-0.2, 0) is 0 Å². The first kappa shape index (κ1) is 23.0. The Kier molecular flexibility index (Phi) is 9.58. The van der Waals surface area contributed by atoms with E-state index in [0.717, 1.165) is 44.2 Å². The van der Waals surface area contributed by atoms with E-state index in [1.807, 2.05) is 0 Å². The molecule has 0 amide bonds. The number of hydrogen-bond acceptors (Lipinski definition) is 3. The number of nitrogens with zero attached hydrogens (tertiary/aromatic N) is 2. The Labute approximate surface area is 187 Å². The van der Waals surface area contributed by atoms with Crippen LogP contribution >= 0.6 is 24.0 Å². The summed E-state index contributed by atoms with van der Waals surface area (Å²) in [6.07, 6.45) is 9.12. The highest BCUT2D eigenvalue weighted by Crippen LogP contribution is 2.35. The molecule has 1 aromatic carbocycles. The zero-order valence-corrected chi connectivity index (χ0v) is 19.7. The lowest BCUT2D eigenvalue weighted by Crippen LogP contribution is -2.43. The molecule has 1 aliphatic carbocycles. The normalized spacial score (nSPS) is 23.3. The molecule has 0 saturated carbocycles. The van der Waals surface area contributed by atoms with Gasteiger partial charge >= 0.3 is 0 Å². The quantitative estimate of drug-likeness (QED) is 0.270. The van der Waals surface area contributed by atoms with Crippen LogP contribution in [0.15, 0.2) is 41.4 Å². The minimum atomic E-state index is 0. The van der Waals surface area contributed by atoms with Crippen molar-refractivity contribution in [3.8, 4) is 5.75 Å². The first-order valence-electron chi connectivity index (χ1n) is 10.2. The fourth-order valence-electron chi connectivity index (χ4n) is 4.24. The molecule has 1 aromatic rings. The van der Waals surface area contributed by atoms with Crippen molar-refractivity contribution in [3.05, 3.63) is 42.0 Å². The number of ether oxygens (including phenoxy) is 1. The third-order valence-corrected chi connectivity index (χ3v) is 5.64. The summed E-state index contributed by atoms with van der Waals surface area (Å²) in [7, 11) is 3.95. The lowest BCUT2D eigenvalue weighted by Gasteiger charge is -2.39. The second-order valence-corrected chi connectivity index (χ2v) is 7.60. The first-order valence-corrected chi connectivity index (χ1v) is 10.2. The molecular formula is C22H35IN4O. The lowest BCUT2D eigenvalue weighted by molar-refractivity contribution is 0.125. The molecule has 0 aromatic heterocycles. The molecule has 0 radical (unpaired) electrons. The molecule has 2 N–H and O–H groups in total. The zero-order chi connectivity index (χ0) is 19.1. The van der Waals surface area contributed by atoms with Crippen LogP contribution in [0.3, 0.4) is 0 Å². The second kappa shape index (κ2) is 11.7. The summed E-state index contributed by atoms with van der Waals surface area (Å²) in [5, 5.41) is 6.99. The molecular weight excluding hydrogens is 463 g/mol. The van der Waals surface area contributed by atoms with Gasteiger partial charge in [-0.25, -0.2) is 0 Å². The third kappa shape index (κ3) is 6.11. The number of piperidine rings is 1. The molecule has 1 fully saturated rings. The van der Waals surface area contributed by atoms with Crippen molar-refractivity contribution in [1.82, 2.24) is 15.5 Å². The van der Waals surface area contributed by atoms with Crippen LogP contribution < -0.4 is 15.4 Å². The van der Waals surface area contributed by atoms with Gasteiger partial charge in [0.15, 0.2) is 5.96 Å². The average molecular weight is 498 g/mol. The molecule has 6 heteroatoms. The van der Waals surface area contributed by atoms with Crippen molar-refractivity contribution < 1.29 is 4.74 Å². The standard InChI is InChI=1S/C22H34N4O.HI/c1-4-23-22(25-19-9-5-6-10-19)24-16-18-8-7-15-26(2)21(18)17-11-13-20(27-3)14-12-17;/h5-6,11-14,18-19,21H,4,7-10,15-16H2,1-3H3,(H2,23,24,25);1H. The summed E-state index contributed by atoms with van der Waals surface area (Å²) in [5.41, 5.74) is 1.36. The molecule has 28 heavy (non-hydrogen) atoms. The maximum absolute atomic E-state index is 5.32. The van der Waals surface area contributed by atoms with Gasteiger partial charge in [-0.05, 0) is 69.8 Å². The average Bonchev–Trinajstić information content (AvgIpc) is 3.19. The summed E-state index contributed by atoms with van der Waals surface area (Å²) in [6, 6.07) is 9.43. The second-order valence-electron chi connectivity index (χ2n) is 7.60. The molecule has 156 valence electrons. The van der Waals surface area contributed by atoms with Crippen molar-refractivity contribution in [2.45, 2.75) is 44.7 Å². The predicted molar refractivity (Wildman–Crippen MR) is 128 cm³/mol. The molecule has 3 rings (SSSR count). The van der Waals surface area contributed by atoms with Crippen molar-refractivity contribution in [2.75, 3.05) is 33.8 Å². The maximum atomic E-state index is 5.32. The number of nitrogens with one attached hydrogen (secondary N) is 2. The van der Waals surface area contributed by atoms with Crippen molar-refractivity contribution in [3.63, 3.8) is 0 Å². The van der Waals surface area contributed by atoms with Crippen molar-refractivity contribution in [1.29, 1.82) is 0 Å². The highest BCUT2D eigenvalue weighted by atomic mass is 127. The summed E-state index contributed by atoms with van der Waals surface area (Å²) < 4.78 is 5.32. The Morgan fingerprint density at radius 1 is 1.21 bits per heavy atom. The molecule has 2 aliphatic rings. The number of rotatable bonds is 6. The molecule has 1 heterocycles. The van der Waals surface area contributed by atoms with E-state index in [-0.39, 0.29) is 24.0 Å². The lowest BCUT2D eigenvalue weighted by atomic mass is 9.85. The molecule has 0 spiro atoms. The molecule has 2 unspecified atom stereocenters. The van der Waals surface area contributed by atoms with E-state index in [9.17, 15) is 0 Å². The highest BCUT2D eigenvalue weighted by molar-refractivity contribution is 14.0. The van der Waals surface area contributed by atoms with Gasteiger partial charge in [-0.15, -0.1) is 24.0 Å². The van der Waals surface area contributed by atoms with E-state index in [0.29, 0.717) is 18.0 Å². The van der Waals surface area contributed by atoms with Gasteiger partial charge in [0.1, 0.15) is 5.75 Å². The third-order valence-electron chi connectivity index (χ3n) is 5.64. The van der Waals surface area contributed by atoms with Gasteiger partial charge in [0.05, 0.1) is 7.11 Å². The van der Waals surface area contributed by atoms with Gasteiger partial charge in [0.2, 0.25) is 0 Å². The van der Waals surface area contributed by atoms with E-state index in [1.165, 1.54) is 18.4 Å². The van der Waals surface area contributed by atoms with Gasteiger partial charge in [0.25, 0.3) is 0 Å². The maximum Gasteiger partial charge on any atom is 0.191 e. The molecule has 1 saturated heterocycles. The van der Waals surface area contributed by atoms with Crippen LogP contribution in [-0.4, -0.2) is 50.7 Å². The van der Waals surface area contributed by atoms with Crippen LogP contribution in [0, 0.1) is 5.92 Å². The monoisotopic (exact) mass is 498 g/mol. The largest absolute Gasteiger partial charge is 0.497 e. The van der Waals surface area contributed by atoms with E-state index >= 15 is 0 Å². The summed E-state index contributed by atoms with van der Waals surface area (Å²) >= 11 is 0. The van der Waals surface area contributed by atoms with E-state index < -0.39 is 0 Å². The number of aliphatic imine (C=N–C) groups is 1. The number of hydrogen-bond donors (Lipinski definition) is 2. The van der Waals surface area contributed by atoms with E-state index in [2.05, 4.69) is 65.9 Å². The van der Waals surface area contributed by atoms with Crippen molar-refractivity contribution >= 4 is 29.9 Å². The molecule has 1 aliphatic heterocycles. The van der Waals surface area contributed by atoms with Crippen LogP contribution in [0.5, 0.6) is 5.75 Å². The fraction of sp³-hybridized carbons (Fsp3) is 0.591.